The van der Waals surface area contributed by atoms with Crippen LogP contribution in [-0.2, 0) is 18.3 Å². The van der Waals surface area contributed by atoms with Crippen LogP contribution in [0, 0.1) is 13.8 Å². The summed E-state index contributed by atoms with van der Waals surface area (Å²) in [5.74, 6) is 0.999. The number of nitrogens with zero attached hydrogens (tertiary/aromatic N) is 2. The Hall–Kier alpha value is -2.43. The molecule has 2 aliphatic heterocycles. The fraction of sp³-hybridized carbons (Fsp3) is 0.423. The van der Waals surface area contributed by atoms with Crippen LogP contribution in [0.5, 0.6) is 5.75 Å². The number of fused-ring (bicyclic) bond motifs is 3. The zero-order chi connectivity index (χ0) is 20.4. The minimum absolute atomic E-state index is 0.0949. The lowest BCUT2D eigenvalue weighted by atomic mass is 9.48. The summed E-state index contributed by atoms with van der Waals surface area (Å²) in [5, 5.41) is 13.7. The summed E-state index contributed by atoms with van der Waals surface area (Å²) in [7, 11) is 2.17. The van der Waals surface area contributed by atoms with Crippen molar-refractivity contribution in [2.75, 3.05) is 13.6 Å². The average molecular weight is 399 g/mol. The number of hydrogen-bond acceptors (Lipinski definition) is 4. The van der Waals surface area contributed by atoms with Crippen molar-refractivity contribution in [1.82, 2.24) is 9.88 Å². The van der Waals surface area contributed by atoms with Crippen LogP contribution in [0.1, 0.15) is 46.0 Å². The predicted octanol–water partition coefficient (Wildman–Crippen LogP) is 3.77. The van der Waals surface area contributed by atoms with Gasteiger partial charge in [0, 0.05) is 23.4 Å². The third kappa shape index (κ3) is 1.69. The molecule has 1 N–H and O–H groups in total. The normalized spacial score (nSPS) is 33.2. The first-order chi connectivity index (χ1) is 14.5. The number of hydrogen-bond donors (Lipinski definition) is 1. The molecule has 1 saturated heterocycles. The zero-order valence-electron chi connectivity index (χ0n) is 17.7. The molecule has 4 aliphatic rings. The van der Waals surface area contributed by atoms with Crippen molar-refractivity contribution in [3.8, 4) is 5.75 Å². The molecular weight excluding hydrogens is 372 g/mol. The molecule has 4 nitrogen and oxygen atoms in total. The van der Waals surface area contributed by atoms with Crippen molar-refractivity contribution in [3.05, 3.63) is 69.9 Å². The number of likely N-dealkylation sites (tertiary alicyclic amines) is 1. The molecule has 7 rings (SSSR count). The van der Waals surface area contributed by atoms with Crippen LogP contribution in [0.4, 0.5) is 0 Å². The topological polar surface area (TPSA) is 45.6 Å². The second-order valence-electron chi connectivity index (χ2n) is 9.88. The molecule has 3 aromatic rings. The first kappa shape index (κ1) is 17.3. The summed E-state index contributed by atoms with van der Waals surface area (Å²) in [6.07, 6.45) is 2.20. The minimum atomic E-state index is -0.849. The van der Waals surface area contributed by atoms with Crippen molar-refractivity contribution in [1.29, 1.82) is 0 Å². The zero-order valence-corrected chi connectivity index (χ0v) is 17.7. The van der Waals surface area contributed by atoms with E-state index in [2.05, 4.69) is 62.2 Å². The first-order valence-corrected chi connectivity index (χ1v) is 11.1. The van der Waals surface area contributed by atoms with Crippen molar-refractivity contribution in [2.24, 2.45) is 0 Å². The van der Waals surface area contributed by atoms with E-state index in [0.717, 1.165) is 41.9 Å². The van der Waals surface area contributed by atoms with Crippen molar-refractivity contribution in [3.63, 3.8) is 0 Å². The largest absolute Gasteiger partial charge is 0.482 e. The maximum absolute atomic E-state index is 12.6. The summed E-state index contributed by atoms with van der Waals surface area (Å²) in [4.78, 5) is 7.54. The lowest BCUT2D eigenvalue weighted by molar-refractivity contribution is -0.168. The van der Waals surface area contributed by atoms with E-state index in [4.69, 9.17) is 9.72 Å². The monoisotopic (exact) mass is 398 g/mol. The van der Waals surface area contributed by atoms with Gasteiger partial charge in [-0.25, -0.2) is 4.98 Å². The van der Waals surface area contributed by atoms with Crippen LogP contribution in [0.3, 0.4) is 0 Å². The quantitative estimate of drug-likeness (QED) is 0.626. The molecule has 1 fully saturated rings. The number of para-hydroxylation sites is 1. The maximum atomic E-state index is 12.6. The van der Waals surface area contributed by atoms with Gasteiger partial charge in [0.15, 0.2) is 6.10 Å². The number of rotatable bonds is 0. The molecule has 2 aliphatic carbocycles. The summed E-state index contributed by atoms with van der Waals surface area (Å²) >= 11 is 0. The van der Waals surface area contributed by atoms with Gasteiger partial charge in [-0.15, -0.1) is 0 Å². The fourth-order valence-electron chi connectivity index (χ4n) is 7.22. The second kappa shape index (κ2) is 5.24. The van der Waals surface area contributed by atoms with Crippen LogP contribution >= 0.6 is 0 Å². The van der Waals surface area contributed by atoms with Crippen molar-refractivity contribution in [2.45, 2.75) is 56.3 Å². The van der Waals surface area contributed by atoms with Gasteiger partial charge in [0.2, 0.25) is 0 Å². The Balaban J connectivity index is 1.61. The molecule has 30 heavy (non-hydrogen) atoms. The average Bonchev–Trinajstić information content (AvgIpc) is 3.09. The highest BCUT2D eigenvalue weighted by atomic mass is 16.5. The number of piperidine rings is 1. The summed E-state index contributed by atoms with van der Waals surface area (Å²) in [5.41, 5.74) is 7.02. The number of aryl methyl sites for hydroxylation is 2. The number of aromatic nitrogens is 1. The molecule has 0 saturated carbocycles. The second-order valence-corrected chi connectivity index (χ2v) is 9.88. The molecular formula is C26H26N2O2. The van der Waals surface area contributed by atoms with Crippen LogP contribution in [0.25, 0.3) is 10.9 Å². The summed E-state index contributed by atoms with van der Waals surface area (Å²) in [6, 6.07) is 12.9. The molecule has 1 spiro atoms. The first-order valence-electron chi connectivity index (χ1n) is 11.1. The highest BCUT2D eigenvalue weighted by Gasteiger charge is 2.72. The van der Waals surface area contributed by atoms with Crippen LogP contribution < -0.4 is 4.74 Å². The molecule has 0 amide bonds. The van der Waals surface area contributed by atoms with Crippen molar-refractivity contribution >= 4 is 10.9 Å². The van der Waals surface area contributed by atoms with E-state index in [1.807, 2.05) is 0 Å². The Kier molecular flexibility index (Phi) is 3.02. The Bertz CT molecular complexity index is 1270. The Morgan fingerprint density at radius 3 is 2.87 bits per heavy atom. The smallest absolute Gasteiger partial charge is 0.153 e. The van der Waals surface area contributed by atoms with E-state index < -0.39 is 11.0 Å². The van der Waals surface area contributed by atoms with E-state index in [1.54, 1.807) is 0 Å². The van der Waals surface area contributed by atoms with Gasteiger partial charge in [-0.1, -0.05) is 30.3 Å². The molecule has 0 unspecified atom stereocenters. The molecule has 4 atom stereocenters. The van der Waals surface area contributed by atoms with Gasteiger partial charge in [0.05, 0.1) is 22.2 Å². The Morgan fingerprint density at radius 1 is 1.17 bits per heavy atom. The van der Waals surface area contributed by atoms with E-state index in [9.17, 15) is 5.11 Å². The Labute approximate surface area is 176 Å². The standard InChI is InChI=1S/C26H26N2O2/c1-14-8-9-16-12-20-26(29)13-18-15(2)17-6-4-5-7-19(17)27-22(18)24-25(26,10-11-28(20)3)21(16)23(14)30-24/h4-9,20,24,29H,10-13H2,1-3H3/t20-,24-,25-,26+/m0/s1. The maximum Gasteiger partial charge on any atom is 0.153 e. The number of pyridine rings is 1. The number of aliphatic hydroxyl groups is 1. The van der Waals surface area contributed by atoms with E-state index in [1.165, 1.54) is 27.6 Å². The SMILES string of the molecule is Cc1ccc2c3c1O[C@H]1c4nc5ccccc5c(C)c4C[C@@]4(O)[C@H](C2)N(C)CC[C@]314. The van der Waals surface area contributed by atoms with E-state index in [0.29, 0.717) is 6.42 Å². The lowest BCUT2D eigenvalue weighted by Gasteiger charge is -2.62. The molecule has 2 aromatic carbocycles. The lowest BCUT2D eigenvalue weighted by Crippen LogP contribution is -2.74. The van der Waals surface area contributed by atoms with Gasteiger partial charge in [-0.05, 0) is 68.6 Å². The van der Waals surface area contributed by atoms with E-state index in [-0.39, 0.29) is 12.1 Å². The van der Waals surface area contributed by atoms with Gasteiger partial charge in [0.25, 0.3) is 0 Å². The van der Waals surface area contributed by atoms with Gasteiger partial charge < -0.3 is 14.7 Å². The van der Waals surface area contributed by atoms with Crippen molar-refractivity contribution < 1.29 is 9.84 Å². The molecule has 1 aromatic heterocycles. The number of ether oxygens (including phenoxy) is 1. The minimum Gasteiger partial charge on any atom is -0.482 e. The third-order valence-electron chi connectivity index (χ3n) is 8.70. The highest BCUT2D eigenvalue weighted by Crippen LogP contribution is 2.67. The fourth-order valence-corrected chi connectivity index (χ4v) is 7.22. The van der Waals surface area contributed by atoms with Gasteiger partial charge in [-0.3, -0.25) is 0 Å². The van der Waals surface area contributed by atoms with E-state index >= 15 is 0 Å². The Morgan fingerprint density at radius 2 is 2.00 bits per heavy atom. The number of likely N-dealkylation sites (N-methyl/N-ethyl adjacent to an activating group) is 1. The molecule has 0 radical (unpaired) electrons. The van der Waals surface area contributed by atoms with Gasteiger partial charge in [-0.2, -0.15) is 0 Å². The third-order valence-corrected chi connectivity index (χ3v) is 8.70. The number of benzene rings is 2. The van der Waals surface area contributed by atoms with Crippen LogP contribution in [-0.4, -0.2) is 40.2 Å². The molecule has 152 valence electrons. The highest BCUT2D eigenvalue weighted by molar-refractivity contribution is 5.84. The summed E-state index contributed by atoms with van der Waals surface area (Å²) in [6.45, 7) is 5.29. The van der Waals surface area contributed by atoms with Crippen LogP contribution in [0.15, 0.2) is 36.4 Å². The molecule has 3 heterocycles. The predicted molar refractivity (Wildman–Crippen MR) is 116 cm³/mol. The van der Waals surface area contributed by atoms with Gasteiger partial charge >= 0.3 is 0 Å². The summed E-state index contributed by atoms with van der Waals surface area (Å²) < 4.78 is 6.80. The molecule has 2 bridgehead atoms. The van der Waals surface area contributed by atoms with Gasteiger partial charge in [0.1, 0.15) is 5.75 Å². The van der Waals surface area contributed by atoms with Crippen LogP contribution in [0.2, 0.25) is 0 Å². The molecule has 4 heteroatoms.